The SMILES string of the molecule is CC1(C)O[C@H]2[C@@H](O1)[C@@H](CNC[C]1[CH][CH][CH][CH]1)O[C@@H]1OC(C)(C)O[C@@H]12.FC(F)(F)c1cc(O[C]2[CH][CH][CH][CH]2)c2cccc(C(F)(F)F)c2n1.[Fe+2]. The summed E-state index contributed by atoms with van der Waals surface area (Å²) in [5.41, 5.74) is -3.51. The van der Waals surface area contributed by atoms with E-state index in [-0.39, 0.29) is 58.7 Å². The van der Waals surface area contributed by atoms with Crippen molar-refractivity contribution in [3.05, 3.63) is 98.9 Å². The number of aromatic nitrogens is 1. The molecule has 1 aromatic carbocycles. The molecule has 8 nitrogen and oxygen atoms in total. The van der Waals surface area contributed by atoms with Crippen LogP contribution < -0.4 is 10.1 Å². The number of alkyl halides is 6. The molecule has 0 unspecified atom stereocenters. The molecule has 7 rings (SSSR count). The average molecular weight is 736 g/mol. The molecule has 2 saturated carbocycles. The number of benzene rings is 1. The Morgan fingerprint density at radius 3 is 2.06 bits per heavy atom. The third kappa shape index (κ3) is 9.03. The Bertz CT molecular complexity index is 1430. The van der Waals surface area contributed by atoms with Gasteiger partial charge in [-0.2, -0.15) is 26.3 Å². The van der Waals surface area contributed by atoms with Gasteiger partial charge >= 0.3 is 29.4 Å². The maximum atomic E-state index is 13.1. The van der Waals surface area contributed by atoms with E-state index in [1.54, 1.807) is 12.8 Å². The number of nitrogens with zero attached hydrogens (tertiary/aromatic N) is 1. The standard InChI is InChI=1S/C18H26NO5.C16H8F6NO.Fe/c1-17(2)21-13-12(10-19-9-11-7-5-6-8-11)20-16-15(14(13)22-17)23-18(3,4)24-16;17-15(18,19)11-7-3-6-10-12(24-9-4-1-2-5-9)8-13(16(20,21)22)23-14(10)11;/h5-8,12-16,19H,9-10H2,1-4H3;1-8H;/q;;+2/t12-,13+,14+,15-,16-;;/m1../s1. The minimum absolute atomic E-state index is 0. The van der Waals surface area contributed by atoms with Crippen LogP contribution in [0, 0.1) is 63.4 Å². The van der Waals surface area contributed by atoms with E-state index in [0.29, 0.717) is 18.7 Å². The molecule has 3 saturated heterocycles. The number of hydrogen-bond acceptors (Lipinski definition) is 8. The van der Waals surface area contributed by atoms with Crippen molar-refractivity contribution in [2.75, 3.05) is 13.1 Å². The van der Waals surface area contributed by atoms with Crippen LogP contribution in [0.5, 0.6) is 5.75 Å². The van der Waals surface area contributed by atoms with Gasteiger partial charge in [-0.3, -0.25) is 0 Å². The zero-order chi connectivity index (χ0) is 34.5. The van der Waals surface area contributed by atoms with Gasteiger partial charge in [0.25, 0.3) is 0 Å². The summed E-state index contributed by atoms with van der Waals surface area (Å²) in [4.78, 5) is 3.18. The molecule has 4 heterocycles. The van der Waals surface area contributed by atoms with Gasteiger partial charge in [0.2, 0.25) is 0 Å². The van der Waals surface area contributed by atoms with Crippen LogP contribution in [0.25, 0.3) is 10.9 Å². The molecule has 2 aliphatic carbocycles. The van der Waals surface area contributed by atoms with Crippen LogP contribution in [0.3, 0.4) is 0 Å². The van der Waals surface area contributed by atoms with Crippen LogP contribution >= 0.6 is 0 Å². The predicted octanol–water partition coefficient (Wildman–Crippen LogP) is 6.39. The largest absolute Gasteiger partial charge is 2.00 e. The summed E-state index contributed by atoms with van der Waals surface area (Å²) in [7, 11) is 0. The van der Waals surface area contributed by atoms with E-state index in [1.807, 2.05) is 40.5 Å². The van der Waals surface area contributed by atoms with Crippen LogP contribution in [0.15, 0.2) is 24.3 Å². The van der Waals surface area contributed by atoms with E-state index in [0.717, 1.165) is 12.6 Å². The molecule has 1 aromatic heterocycles. The molecule has 15 heteroatoms. The first kappa shape index (κ1) is 38.5. The van der Waals surface area contributed by atoms with Gasteiger partial charge in [0.15, 0.2) is 24.0 Å². The van der Waals surface area contributed by atoms with Crippen LogP contribution in [0.1, 0.15) is 39.0 Å². The fourth-order valence-corrected chi connectivity index (χ4v) is 5.98. The van der Waals surface area contributed by atoms with E-state index >= 15 is 0 Å². The van der Waals surface area contributed by atoms with Crippen LogP contribution in [-0.4, -0.2) is 60.4 Å². The van der Waals surface area contributed by atoms with Gasteiger partial charge in [0.05, 0.1) is 11.1 Å². The Hall–Kier alpha value is -1.71. The zero-order valence-electron chi connectivity index (χ0n) is 26.7. The third-order valence-corrected chi connectivity index (χ3v) is 7.91. The van der Waals surface area contributed by atoms with E-state index in [4.69, 9.17) is 28.4 Å². The average Bonchev–Trinajstić information content (AvgIpc) is 3.79. The van der Waals surface area contributed by atoms with Crippen molar-refractivity contribution < 1.29 is 71.8 Å². The van der Waals surface area contributed by atoms with Gasteiger partial charge in [-0.05, 0) is 84.3 Å². The van der Waals surface area contributed by atoms with Crippen molar-refractivity contribution >= 4 is 10.9 Å². The molecule has 5 aliphatic rings. The summed E-state index contributed by atoms with van der Waals surface area (Å²) < 4.78 is 114. The number of rotatable bonds is 6. The quantitative estimate of drug-likeness (QED) is 0.270. The Morgan fingerprint density at radius 2 is 1.41 bits per heavy atom. The topological polar surface area (TPSA) is 80.3 Å². The summed E-state index contributed by atoms with van der Waals surface area (Å²) in [6, 6.07) is 3.60. The predicted molar refractivity (Wildman–Crippen MR) is 159 cm³/mol. The molecular formula is C34H34F6FeN2O6+2. The maximum Gasteiger partial charge on any atom is 2.00 e. The molecule has 3 aliphatic heterocycles. The summed E-state index contributed by atoms with van der Waals surface area (Å²) >= 11 is 0. The molecule has 10 radical (unpaired) electrons. The molecule has 5 fully saturated rings. The van der Waals surface area contributed by atoms with E-state index in [2.05, 4.69) is 23.1 Å². The van der Waals surface area contributed by atoms with Crippen molar-refractivity contribution in [1.82, 2.24) is 10.3 Å². The molecule has 0 amide bonds. The van der Waals surface area contributed by atoms with Crippen molar-refractivity contribution in [2.45, 2.75) is 82.3 Å². The molecule has 0 spiro atoms. The smallest absolute Gasteiger partial charge is 0.482 e. The number of para-hydroxylation sites is 1. The van der Waals surface area contributed by atoms with E-state index < -0.39 is 47.0 Å². The zero-order valence-corrected chi connectivity index (χ0v) is 27.9. The summed E-state index contributed by atoms with van der Waals surface area (Å²) in [5.74, 6) is -0.406. The Balaban J connectivity index is 0.000000187. The molecule has 49 heavy (non-hydrogen) atoms. The number of halogens is 6. The van der Waals surface area contributed by atoms with Gasteiger partial charge in [0, 0.05) is 37.4 Å². The fourth-order valence-electron chi connectivity index (χ4n) is 5.98. The second-order valence-corrected chi connectivity index (χ2v) is 12.6. The van der Waals surface area contributed by atoms with E-state index in [1.165, 1.54) is 24.8 Å². The molecule has 264 valence electrons. The Kier molecular flexibility index (Phi) is 11.6. The minimum Gasteiger partial charge on any atom is -0.482 e. The number of fused-ring (bicyclic) bond motifs is 4. The number of ether oxygens (including phenoxy) is 6. The summed E-state index contributed by atoms with van der Waals surface area (Å²) in [6.45, 7) is 9.11. The fraction of sp³-hybridized carbons (Fsp3) is 0.441. The first-order chi connectivity index (χ1) is 22.5. The normalized spacial score (nSPS) is 29.6. The van der Waals surface area contributed by atoms with Gasteiger partial charge in [-0.1, -0.05) is 6.07 Å². The monoisotopic (exact) mass is 736 g/mol. The van der Waals surface area contributed by atoms with Gasteiger partial charge in [-0.15, -0.1) is 0 Å². The number of hydrogen-bond donors (Lipinski definition) is 1. The Morgan fingerprint density at radius 1 is 0.796 bits per heavy atom. The summed E-state index contributed by atoms with van der Waals surface area (Å²) in [5, 5.41) is 3.29. The molecule has 5 atom stereocenters. The Labute approximate surface area is 292 Å². The van der Waals surface area contributed by atoms with Gasteiger partial charge in [0.1, 0.15) is 35.9 Å². The van der Waals surface area contributed by atoms with Crippen LogP contribution in [0.4, 0.5) is 26.3 Å². The van der Waals surface area contributed by atoms with Crippen molar-refractivity contribution in [3.8, 4) is 5.75 Å². The van der Waals surface area contributed by atoms with Crippen molar-refractivity contribution in [3.63, 3.8) is 0 Å². The minimum atomic E-state index is -4.91. The molecule has 1 N–H and O–H groups in total. The third-order valence-electron chi connectivity index (χ3n) is 7.91. The van der Waals surface area contributed by atoms with Crippen LogP contribution in [-0.2, 0) is 53.1 Å². The number of pyridine rings is 1. The maximum absolute atomic E-state index is 13.1. The van der Waals surface area contributed by atoms with Crippen LogP contribution in [0.2, 0.25) is 0 Å². The van der Waals surface area contributed by atoms with Crippen molar-refractivity contribution in [2.24, 2.45) is 0 Å². The first-order valence-electron chi connectivity index (χ1n) is 15.2. The second kappa shape index (κ2) is 14.7. The van der Waals surface area contributed by atoms with Crippen molar-refractivity contribution in [1.29, 1.82) is 0 Å². The van der Waals surface area contributed by atoms with E-state index in [9.17, 15) is 26.3 Å². The second-order valence-electron chi connectivity index (χ2n) is 12.6. The molecule has 2 aromatic rings. The van der Waals surface area contributed by atoms with Gasteiger partial charge in [-0.25, -0.2) is 4.98 Å². The molecular weight excluding hydrogens is 702 g/mol. The number of nitrogens with one attached hydrogen (secondary N) is 1. The van der Waals surface area contributed by atoms with Gasteiger partial charge < -0.3 is 33.7 Å². The summed E-state index contributed by atoms with van der Waals surface area (Å²) in [6.07, 6.45) is 3.68. The molecule has 0 bridgehead atoms. The first-order valence-corrected chi connectivity index (χ1v) is 15.2.